The summed E-state index contributed by atoms with van der Waals surface area (Å²) in [5, 5.41) is 3.64. The highest BCUT2D eigenvalue weighted by atomic mass is 14.9. The summed E-state index contributed by atoms with van der Waals surface area (Å²) >= 11 is 0. The molecule has 0 fully saturated rings. The zero-order chi connectivity index (χ0) is 14.4. The van der Waals surface area contributed by atoms with Gasteiger partial charge < -0.3 is 5.32 Å². The van der Waals surface area contributed by atoms with E-state index >= 15 is 0 Å². The molecule has 0 aromatic carbocycles. The van der Waals surface area contributed by atoms with Gasteiger partial charge in [-0.1, -0.05) is 26.8 Å². The third kappa shape index (κ3) is 4.74. The van der Waals surface area contributed by atoms with E-state index in [4.69, 9.17) is 0 Å². The Morgan fingerprint density at radius 1 is 1.05 bits per heavy atom. The summed E-state index contributed by atoms with van der Waals surface area (Å²) in [7, 11) is 0. The Labute approximate surface area is 121 Å². The molecule has 2 aromatic rings. The summed E-state index contributed by atoms with van der Waals surface area (Å²) in [5.41, 5.74) is 2.77. The van der Waals surface area contributed by atoms with Gasteiger partial charge in [0.25, 0.3) is 0 Å². The van der Waals surface area contributed by atoms with Gasteiger partial charge in [0, 0.05) is 37.4 Å². The molecule has 0 amide bonds. The van der Waals surface area contributed by atoms with E-state index in [0.717, 1.165) is 13.0 Å². The summed E-state index contributed by atoms with van der Waals surface area (Å²) in [6, 6.07) is 8.55. The van der Waals surface area contributed by atoms with Crippen molar-refractivity contribution in [2.45, 2.75) is 39.8 Å². The Balaban J connectivity index is 2.07. The van der Waals surface area contributed by atoms with Gasteiger partial charge >= 0.3 is 0 Å². The fraction of sp³-hybridized carbons (Fsp3) is 0.412. The molecular weight excluding hydrogens is 246 g/mol. The van der Waals surface area contributed by atoms with Gasteiger partial charge in [0.1, 0.15) is 0 Å². The highest BCUT2D eigenvalue weighted by molar-refractivity contribution is 5.16. The summed E-state index contributed by atoms with van der Waals surface area (Å²) in [6.07, 6.45) is 8.51. The Hall–Kier alpha value is -1.74. The maximum atomic E-state index is 4.24. The van der Waals surface area contributed by atoms with Gasteiger partial charge in [-0.3, -0.25) is 9.97 Å². The molecule has 2 rings (SSSR count). The number of hydrogen-bond acceptors (Lipinski definition) is 3. The Morgan fingerprint density at radius 2 is 1.80 bits per heavy atom. The van der Waals surface area contributed by atoms with Gasteiger partial charge in [-0.2, -0.15) is 0 Å². The summed E-state index contributed by atoms with van der Waals surface area (Å²) in [6.45, 7) is 7.65. The van der Waals surface area contributed by atoms with Gasteiger partial charge in [0.2, 0.25) is 0 Å². The molecule has 0 aliphatic heterocycles. The second-order valence-electron chi connectivity index (χ2n) is 6.34. The molecule has 1 atom stereocenters. The second-order valence-corrected chi connectivity index (χ2v) is 6.34. The van der Waals surface area contributed by atoms with Crippen LogP contribution in [0.5, 0.6) is 0 Å². The molecule has 0 bridgehead atoms. The van der Waals surface area contributed by atoms with Crippen LogP contribution in [0.15, 0.2) is 49.1 Å². The molecule has 3 heteroatoms. The van der Waals surface area contributed by atoms with E-state index < -0.39 is 0 Å². The summed E-state index contributed by atoms with van der Waals surface area (Å²) in [5.74, 6) is 0. The fourth-order valence-corrected chi connectivity index (χ4v) is 2.24. The largest absolute Gasteiger partial charge is 0.306 e. The van der Waals surface area contributed by atoms with Gasteiger partial charge in [-0.25, -0.2) is 0 Å². The monoisotopic (exact) mass is 269 g/mol. The van der Waals surface area contributed by atoms with E-state index in [1.807, 2.05) is 43.0 Å². The first-order valence-corrected chi connectivity index (χ1v) is 7.07. The lowest BCUT2D eigenvalue weighted by Gasteiger charge is -2.27. The standard InChI is InChI=1S/C17H23N3/c1-17(2,3)11-16(15-5-4-8-19-13-15)20-12-14-6-9-18-10-7-14/h4-10,13,16,20H,11-12H2,1-3H3/t16-/m0/s1. The van der Waals surface area contributed by atoms with Crippen LogP contribution < -0.4 is 5.32 Å². The number of aromatic nitrogens is 2. The molecule has 20 heavy (non-hydrogen) atoms. The first kappa shape index (κ1) is 14.7. The van der Waals surface area contributed by atoms with Gasteiger partial charge in [0.05, 0.1) is 0 Å². The average Bonchev–Trinajstić information content (AvgIpc) is 2.44. The minimum atomic E-state index is 0.270. The highest BCUT2D eigenvalue weighted by Gasteiger charge is 2.20. The van der Waals surface area contributed by atoms with Crippen LogP contribution >= 0.6 is 0 Å². The van der Waals surface area contributed by atoms with Crippen molar-refractivity contribution in [2.75, 3.05) is 0 Å². The van der Waals surface area contributed by atoms with Crippen LogP contribution in [0.3, 0.4) is 0 Å². The third-order valence-corrected chi connectivity index (χ3v) is 3.21. The Kier molecular flexibility index (Phi) is 4.85. The molecule has 0 spiro atoms. The zero-order valence-electron chi connectivity index (χ0n) is 12.5. The average molecular weight is 269 g/mol. The fourth-order valence-electron chi connectivity index (χ4n) is 2.24. The van der Waals surface area contributed by atoms with Crippen molar-refractivity contribution in [1.29, 1.82) is 0 Å². The van der Waals surface area contributed by atoms with Gasteiger partial charge in [0.15, 0.2) is 0 Å². The molecule has 2 aromatic heterocycles. The van der Waals surface area contributed by atoms with E-state index in [9.17, 15) is 0 Å². The Bertz CT molecular complexity index is 503. The van der Waals surface area contributed by atoms with E-state index in [-0.39, 0.29) is 5.41 Å². The first-order chi connectivity index (χ1) is 9.54. The van der Waals surface area contributed by atoms with Crippen molar-refractivity contribution in [3.63, 3.8) is 0 Å². The summed E-state index contributed by atoms with van der Waals surface area (Å²) < 4.78 is 0. The van der Waals surface area contributed by atoms with E-state index in [0.29, 0.717) is 6.04 Å². The SMILES string of the molecule is CC(C)(C)C[C@H](NCc1ccncc1)c1cccnc1. The molecular formula is C17H23N3. The van der Waals surface area contributed by atoms with E-state index in [1.54, 1.807) is 0 Å². The zero-order valence-corrected chi connectivity index (χ0v) is 12.5. The molecule has 2 heterocycles. The second kappa shape index (κ2) is 6.62. The van der Waals surface area contributed by atoms with Crippen LogP contribution in [0.1, 0.15) is 44.4 Å². The minimum absolute atomic E-state index is 0.270. The third-order valence-electron chi connectivity index (χ3n) is 3.21. The van der Waals surface area contributed by atoms with Crippen LogP contribution in [-0.2, 0) is 6.54 Å². The predicted molar refractivity (Wildman–Crippen MR) is 82.1 cm³/mol. The number of pyridine rings is 2. The van der Waals surface area contributed by atoms with Crippen LogP contribution in [0.2, 0.25) is 0 Å². The van der Waals surface area contributed by atoms with Crippen LogP contribution in [0.4, 0.5) is 0 Å². The van der Waals surface area contributed by atoms with Gasteiger partial charge in [-0.05, 0) is 41.2 Å². The van der Waals surface area contributed by atoms with E-state index in [2.05, 4.69) is 42.1 Å². The molecule has 0 unspecified atom stereocenters. The maximum absolute atomic E-state index is 4.24. The predicted octanol–water partition coefficient (Wildman–Crippen LogP) is 3.74. The van der Waals surface area contributed by atoms with E-state index in [1.165, 1.54) is 11.1 Å². The molecule has 0 saturated carbocycles. The summed E-state index contributed by atoms with van der Waals surface area (Å²) in [4.78, 5) is 8.29. The quantitative estimate of drug-likeness (QED) is 0.898. The molecule has 1 N–H and O–H groups in total. The minimum Gasteiger partial charge on any atom is -0.306 e. The van der Waals surface area contributed by atoms with Crippen LogP contribution in [0.25, 0.3) is 0 Å². The molecule has 0 aliphatic rings. The smallest absolute Gasteiger partial charge is 0.0343 e. The van der Waals surface area contributed by atoms with Crippen LogP contribution in [0, 0.1) is 5.41 Å². The Morgan fingerprint density at radius 3 is 2.40 bits per heavy atom. The molecule has 0 aliphatic carbocycles. The molecule has 0 saturated heterocycles. The maximum Gasteiger partial charge on any atom is 0.0343 e. The van der Waals surface area contributed by atoms with Crippen molar-refractivity contribution in [3.8, 4) is 0 Å². The molecule has 106 valence electrons. The van der Waals surface area contributed by atoms with Crippen molar-refractivity contribution in [3.05, 3.63) is 60.2 Å². The normalized spacial score (nSPS) is 13.2. The lowest BCUT2D eigenvalue weighted by atomic mass is 9.86. The van der Waals surface area contributed by atoms with Crippen LogP contribution in [-0.4, -0.2) is 9.97 Å². The van der Waals surface area contributed by atoms with Gasteiger partial charge in [-0.15, -0.1) is 0 Å². The molecule has 3 nitrogen and oxygen atoms in total. The topological polar surface area (TPSA) is 37.8 Å². The number of nitrogens with zero attached hydrogens (tertiary/aromatic N) is 2. The number of hydrogen-bond donors (Lipinski definition) is 1. The highest BCUT2D eigenvalue weighted by Crippen LogP contribution is 2.29. The number of rotatable bonds is 5. The van der Waals surface area contributed by atoms with Crippen molar-refractivity contribution < 1.29 is 0 Å². The lowest BCUT2D eigenvalue weighted by molar-refractivity contribution is 0.310. The van der Waals surface area contributed by atoms with Crippen molar-refractivity contribution >= 4 is 0 Å². The lowest BCUT2D eigenvalue weighted by Crippen LogP contribution is -2.25. The molecule has 0 radical (unpaired) electrons. The van der Waals surface area contributed by atoms with Crippen molar-refractivity contribution in [2.24, 2.45) is 5.41 Å². The first-order valence-electron chi connectivity index (χ1n) is 7.07. The number of nitrogens with one attached hydrogen (secondary N) is 1. The van der Waals surface area contributed by atoms with Crippen molar-refractivity contribution in [1.82, 2.24) is 15.3 Å².